The number of sulfonamides is 1. The lowest BCUT2D eigenvalue weighted by Crippen LogP contribution is -2.35. The van der Waals surface area contributed by atoms with Crippen LogP contribution >= 0.6 is 0 Å². The van der Waals surface area contributed by atoms with Crippen molar-refractivity contribution in [3.8, 4) is 0 Å². The average Bonchev–Trinajstić information content (AvgIpc) is 2.74. The van der Waals surface area contributed by atoms with Gasteiger partial charge in [-0.05, 0) is 54.8 Å². The third-order valence-corrected chi connectivity index (χ3v) is 7.02. The van der Waals surface area contributed by atoms with E-state index in [1.165, 1.54) is 38.3 Å². The standard InChI is InChI=1S/C24H31N3O4S/c1-18(28)26-22-13-15-23(16-14-22)32(30,31)25-17-19-9-11-20(12-10-19)24(29)27-21-7-5-3-2-4-6-8-21/h9-16,21,25H,2-8,17H2,1H3,(H,26,28)(H,27,29). The van der Waals surface area contributed by atoms with Crippen molar-refractivity contribution in [2.24, 2.45) is 0 Å². The van der Waals surface area contributed by atoms with E-state index in [1.54, 1.807) is 36.4 Å². The minimum absolute atomic E-state index is 0.0815. The lowest BCUT2D eigenvalue weighted by molar-refractivity contribution is -0.114. The third-order valence-electron chi connectivity index (χ3n) is 5.61. The number of nitrogens with one attached hydrogen (secondary N) is 3. The quantitative estimate of drug-likeness (QED) is 0.585. The van der Waals surface area contributed by atoms with Crippen LogP contribution < -0.4 is 15.4 Å². The van der Waals surface area contributed by atoms with E-state index >= 15 is 0 Å². The molecule has 0 unspecified atom stereocenters. The summed E-state index contributed by atoms with van der Waals surface area (Å²) in [5.74, 6) is -0.303. The molecule has 0 spiro atoms. The topological polar surface area (TPSA) is 104 Å². The molecule has 0 aromatic heterocycles. The van der Waals surface area contributed by atoms with Crippen LogP contribution in [0.2, 0.25) is 0 Å². The van der Waals surface area contributed by atoms with Crippen molar-refractivity contribution >= 4 is 27.5 Å². The van der Waals surface area contributed by atoms with Crippen molar-refractivity contribution in [2.45, 2.75) is 69.4 Å². The van der Waals surface area contributed by atoms with Crippen LogP contribution in [-0.2, 0) is 21.4 Å². The monoisotopic (exact) mass is 457 g/mol. The van der Waals surface area contributed by atoms with Gasteiger partial charge in [0, 0.05) is 30.8 Å². The molecule has 0 saturated heterocycles. The second kappa shape index (κ2) is 11.2. The number of hydrogen-bond acceptors (Lipinski definition) is 4. The molecule has 2 aromatic carbocycles. The molecule has 1 aliphatic rings. The minimum atomic E-state index is -3.70. The summed E-state index contributed by atoms with van der Waals surface area (Å²) >= 11 is 0. The second-order valence-corrected chi connectivity index (χ2v) is 10.0. The van der Waals surface area contributed by atoms with Gasteiger partial charge in [0.15, 0.2) is 0 Å². The van der Waals surface area contributed by atoms with Crippen LogP contribution in [0.4, 0.5) is 5.69 Å². The molecule has 3 N–H and O–H groups in total. The zero-order valence-corrected chi connectivity index (χ0v) is 19.2. The Bertz CT molecular complexity index is 1010. The van der Waals surface area contributed by atoms with Crippen LogP contribution in [0.5, 0.6) is 0 Å². The molecule has 7 nitrogen and oxygen atoms in total. The highest BCUT2D eigenvalue weighted by Crippen LogP contribution is 2.18. The van der Waals surface area contributed by atoms with E-state index in [0.717, 1.165) is 31.2 Å². The Morgan fingerprint density at radius 1 is 0.875 bits per heavy atom. The Morgan fingerprint density at radius 2 is 1.47 bits per heavy atom. The van der Waals surface area contributed by atoms with E-state index < -0.39 is 10.0 Å². The number of carbonyl (C=O) groups excluding carboxylic acids is 2. The lowest BCUT2D eigenvalue weighted by atomic mass is 9.96. The first-order valence-corrected chi connectivity index (χ1v) is 12.6. The fourth-order valence-corrected chi connectivity index (χ4v) is 4.84. The summed E-state index contributed by atoms with van der Waals surface area (Å²) in [6, 6.07) is 13.2. The normalized spacial score (nSPS) is 15.4. The van der Waals surface area contributed by atoms with Gasteiger partial charge < -0.3 is 10.6 Å². The molecule has 1 saturated carbocycles. The minimum Gasteiger partial charge on any atom is -0.349 e. The van der Waals surface area contributed by atoms with Gasteiger partial charge in [0.1, 0.15) is 0 Å². The van der Waals surface area contributed by atoms with Crippen LogP contribution in [0.25, 0.3) is 0 Å². The third kappa shape index (κ3) is 7.17. The molecule has 172 valence electrons. The summed E-state index contributed by atoms with van der Waals surface area (Å²) in [6.07, 6.45) is 8.11. The number of carbonyl (C=O) groups is 2. The van der Waals surface area contributed by atoms with Crippen molar-refractivity contribution in [1.82, 2.24) is 10.0 Å². The molecular weight excluding hydrogens is 426 g/mol. The average molecular weight is 458 g/mol. The molecule has 1 aliphatic carbocycles. The Kier molecular flexibility index (Phi) is 8.41. The van der Waals surface area contributed by atoms with Crippen molar-refractivity contribution in [2.75, 3.05) is 5.32 Å². The smallest absolute Gasteiger partial charge is 0.251 e. The SMILES string of the molecule is CC(=O)Nc1ccc(S(=O)(=O)NCc2ccc(C(=O)NC3CCCCCCC3)cc2)cc1. The summed E-state index contributed by atoms with van der Waals surface area (Å²) in [6.45, 7) is 1.50. The van der Waals surface area contributed by atoms with Crippen LogP contribution in [0.1, 0.15) is 67.8 Å². The van der Waals surface area contributed by atoms with E-state index in [4.69, 9.17) is 0 Å². The maximum Gasteiger partial charge on any atom is 0.251 e. The fraction of sp³-hybridized carbons (Fsp3) is 0.417. The van der Waals surface area contributed by atoms with Crippen molar-refractivity contribution in [1.29, 1.82) is 0 Å². The van der Waals surface area contributed by atoms with Gasteiger partial charge >= 0.3 is 0 Å². The molecular formula is C24H31N3O4S. The van der Waals surface area contributed by atoms with Gasteiger partial charge in [-0.1, -0.05) is 44.2 Å². The Balaban J connectivity index is 1.54. The summed E-state index contributed by atoms with van der Waals surface area (Å²) in [7, 11) is -3.70. The Labute approximate surface area is 190 Å². The Hall–Kier alpha value is -2.71. The van der Waals surface area contributed by atoms with E-state index in [1.807, 2.05) is 0 Å². The number of amides is 2. The van der Waals surface area contributed by atoms with Crippen molar-refractivity contribution < 1.29 is 18.0 Å². The number of hydrogen-bond donors (Lipinski definition) is 3. The van der Waals surface area contributed by atoms with Gasteiger partial charge in [0.2, 0.25) is 15.9 Å². The molecule has 0 bridgehead atoms. The fourth-order valence-electron chi connectivity index (χ4n) is 3.83. The molecule has 0 aliphatic heterocycles. The first-order valence-electron chi connectivity index (χ1n) is 11.1. The van der Waals surface area contributed by atoms with Crippen LogP contribution in [0.15, 0.2) is 53.4 Å². The summed E-state index contributed by atoms with van der Waals surface area (Å²) in [5, 5.41) is 5.74. The molecule has 0 heterocycles. The van der Waals surface area contributed by atoms with Gasteiger partial charge in [-0.25, -0.2) is 13.1 Å². The molecule has 0 radical (unpaired) electrons. The zero-order chi connectivity index (χ0) is 23.0. The summed E-state index contributed by atoms with van der Waals surface area (Å²) in [5.41, 5.74) is 1.86. The van der Waals surface area contributed by atoms with E-state index in [-0.39, 0.29) is 29.3 Å². The van der Waals surface area contributed by atoms with Crippen molar-refractivity contribution in [3.05, 3.63) is 59.7 Å². The number of anilines is 1. The summed E-state index contributed by atoms with van der Waals surface area (Å²) < 4.78 is 27.6. The number of rotatable bonds is 7. The predicted molar refractivity (Wildman–Crippen MR) is 125 cm³/mol. The maximum absolute atomic E-state index is 12.6. The molecule has 2 aromatic rings. The zero-order valence-electron chi connectivity index (χ0n) is 18.4. The predicted octanol–water partition coefficient (Wildman–Crippen LogP) is 3.97. The van der Waals surface area contributed by atoms with Gasteiger partial charge in [-0.3, -0.25) is 9.59 Å². The maximum atomic E-state index is 12.6. The van der Waals surface area contributed by atoms with Crippen LogP contribution in [-0.4, -0.2) is 26.3 Å². The molecule has 2 amide bonds. The number of benzene rings is 2. The van der Waals surface area contributed by atoms with E-state index in [0.29, 0.717) is 11.3 Å². The highest BCUT2D eigenvalue weighted by atomic mass is 32.2. The second-order valence-electron chi connectivity index (χ2n) is 8.24. The van der Waals surface area contributed by atoms with Gasteiger partial charge in [-0.2, -0.15) is 0 Å². The van der Waals surface area contributed by atoms with Gasteiger partial charge in [0.05, 0.1) is 4.90 Å². The first-order chi connectivity index (χ1) is 15.3. The van der Waals surface area contributed by atoms with E-state index in [9.17, 15) is 18.0 Å². The van der Waals surface area contributed by atoms with Gasteiger partial charge in [0.25, 0.3) is 5.91 Å². The molecule has 8 heteroatoms. The van der Waals surface area contributed by atoms with Crippen molar-refractivity contribution in [3.63, 3.8) is 0 Å². The molecule has 3 rings (SSSR count). The van der Waals surface area contributed by atoms with E-state index in [2.05, 4.69) is 15.4 Å². The van der Waals surface area contributed by atoms with Crippen LogP contribution in [0.3, 0.4) is 0 Å². The molecule has 32 heavy (non-hydrogen) atoms. The highest BCUT2D eigenvalue weighted by molar-refractivity contribution is 7.89. The Morgan fingerprint density at radius 3 is 2.06 bits per heavy atom. The van der Waals surface area contributed by atoms with Gasteiger partial charge in [-0.15, -0.1) is 0 Å². The lowest BCUT2D eigenvalue weighted by Gasteiger charge is -2.21. The molecule has 0 atom stereocenters. The summed E-state index contributed by atoms with van der Waals surface area (Å²) in [4.78, 5) is 23.8. The van der Waals surface area contributed by atoms with Crippen LogP contribution in [0, 0.1) is 0 Å². The highest BCUT2D eigenvalue weighted by Gasteiger charge is 2.16. The first kappa shape index (κ1) is 23.9. The largest absolute Gasteiger partial charge is 0.349 e. The molecule has 1 fully saturated rings.